The third-order valence-corrected chi connectivity index (χ3v) is 4.09. The SMILES string of the molecule is CC(C)(C)SCC(O)c1ccc(Cl)c(Cl)c1. The van der Waals surface area contributed by atoms with Crippen LogP contribution < -0.4 is 0 Å². The van der Waals surface area contributed by atoms with Gasteiger partial charge in [0.2, 0.25) is 0 Å². The molecule has 1 unspecified atom stereocenters. The lowest BCUT2D eigenvalue weighted by Crippen LogP contribution is -2.12. The van der Waals surface area contributed by atoms with Crippen LogP contribution in [0.4, 0.5) is 0 Å². The molecule has 0 bridgehead atoms. The van der Waals surface area contributed by atoms with E-state index >= 15 is 0 Å². The zero-order valence-electron chi connectivity index (χ0n) is 9.63. The Morgan fingerprint density at radius 3 is 2.38 bits per heavy atom. The van der Waals surface area contributed by atoms with Crippen LogP contribution in [-0.4, -0.2) is 15.6 Å². The predicted octanol–water partition coefficient (Wildman–Crippen LogP) is 4.56. The molecule has 0 saturated carbocycles. The highest BCUT2D eigenvalue weighted by Gasteiger charge is 2.15. The van der Waals surface area contributed by atoms with Crippen molar-refractivity contribution in [1.82, 2.24) is 0 Å². The molecular weight excluding hydrogens is 263 g/mol. The normalized spacial score (nSPS) is 13.9. The second-order valence-electron chi connectivity index (χ2n) is 4.61. The summed E-state index contributed by atoms with van der Waals surface area (Å²) in [6.07, 6.45) is -0.501. The van der Waals surface area contributed by atoms with Crippen molar-refractivity contribution < 1.29 is 5.11 Å². The van der Waals surface area contributed by atoms with Crippen molar-refractivity contribution >= 4 is 35.0 Å². The molecule has 0 aliphatic carbocycles. The molecule has 1 N–H and O–H groups in total. The van der Waals surface area contributed by atoms with E-state index in [1.54, 1.807) is 23.9 Å². The van der Waals surface area contributed by atoms with Crippen LogP contribution in [0.5, 0.6) is 0 Å². The monoisotopic (exact) mass is 278 g/mol. The third-order valence-electron chi connectivity index (χ3n) is 2.00. The first-order valence-electron chi connectivity index (χ1n) is 5.06. The van der Waals surface area contributed by atoms with Gasteiger partial charge in [-0.05, 0) is 17.7 Å². The average Bonchev–Trinajstić information content (AvgIpc) is 2.17. The molecule has 0 fully saturated rings. The summed E-state index contributed by atoms with van der Waals surface area (Å²) >= 11 is 13.4. The zero-order chi connectivity index (χ0) is 12.3. The van der Waals surface area contributed by atoms with E-state index in [4.69, 9.17) is 23.2 Å². The van der Waals surface area contributed by atoms with Gasteiger partial charge in [0.25, 0.3) is 0 Å². The Morgan fingerprint density at radius 1 is 1.25 bits per heavy atom. The maximum absolute atomic E-state index is 9.98. The first-order chi connectivity index (χ1) is 7.29. The fourth-order valence-corrected chi connectivity index (χ4v) is 2.30. The van der Waals surface area contributed by atoms with Crippen molar-refractivity contribution in [2.24, 2.45) is 0 Å². The summed E-state index contributed by atoms with van der Waals surface area (Å²) in [6.45, 7) is 6.37. The van der Waals surface area contributed by atoms with E-state index in [-0.39, 0.29) is 4.75 Å². The molecule has 1 nitrogen and oxygen atoms in total. The van der Waals surface area contributed by atoms with E-state index < -0.39 is 6.10 Å². The average molecular weight is 279 g/mol. The Hall–Kier alpha value is 0.110. The summed E-state index contributed by atoms with van der Waals surface area (Å²) in [4.78, 5) is 0. The summed E-state index contributed by atoms with van der Waals surface area (Å²) in [5.41, 5.74) is 0.811. The van der Waals surface area contributed by atoms with Gasteiger partial charge < -0.3 is 5.11 Å². The van der Waals surface area contributed by atoms with Crippen LogP contribution in [0.1, 0.15) is 32.4 Å². The largest absolute Gasteiger partial charge is 0.388 e. The van der Waals surface area contributed by atoms with Crippen molar-refractivity contribution in [2.75, 3.05) is 5.75 Å². The predicted molar refractivity (Wildman–Crippen MR) is 73.6 cm³/mol. The molecule has 0 aliphatic heterocycles. The molecule has 1 atom stereocenters. The van der Waals surface area contributed by atoms with Gasteiger partial charge in [0.15, 0.2) is 0 Å². The number of halogens is 2. The number of rotatable bonds is 3. The topological polar surface area (TPSA) is 20.2 Å². The molecule has 1 rings (SSSR count). The third kappa shape index (κ3) is 4.54. The minimum absolute atomic E-state index is 0.150. The van der Waals surface area contributed by atoms with Gasteiger partial charge in [0.1, 0.15) is 0 Å². The molecule has 4 heteroatoms. The van der Waals surface area contributed by atoms with Crippen molar-refractivity contribution in [3.05, 3.63) is 33.8 Å². The fourth-order valence-electron chi connectivity index (χ4n) is 1.14. The maximum atomic E-state index is 9.98. The molecule has 0 radical (unpaired) electrons. The van der Waals surface area contributed by atoms with E-state index in [2.05, 4.69) is 20.8 Å². The van der Waals surface area contributed by atoms with Crippen LogP contribution in [0.15, 0.2) is 18.2 Å². The van der Waals surface area contributed by atoms with Crippen molar-refractivity contribution in [3.63, 3.8) is 0 Å². The Labute approximate surface area is 111 Å². The van der Waals surface area contributed by atoms with Crippen molar-refractivity contribution in [2.45, 2.75) is 31.6 Å². The van der Waals surface area contributed by atoms with E-state index in [1.807, 2.05) is 6.07 Å². The molecule has 0 amide bonds. The number of aliphatic hydroxyl groups is 1. The van der Waals surface area contributed by atoms with Gasteiger partial charge in [-0.15, -0.1) is 0 Å². The van der Waals surface area contributed by atoms with E-state index in [0.717, 1.165) is 5.56 Å². The molecule has 0 saturated heterocycles. The summed E-state index contributed by atoms with van der Waals surface area (Å²) in [6, 6.07) is 5.24. The zero-order valence-corrected chi connectivity index (χ0v) is 12.0. The molecular formula is C12H16Cl2OS. The van der Waals surface area contributed by atoms with E-state index in [9.17, 15) is 5.11 Å². The lowest BCUT2D eigenvalue weighted by Gasteiger charge is -2.20. The second kappa shape index (κ2) is 5.63. The van der Waals surface area contributed by atoms with Crippen LogP contribution >= 0.6 is 35.0 Å². The highest BCUT2D eigenvalue weighted by Crippen LogP contribution is 2.30. The number of benzene rings is 1. The number of aliphatic hydroxyl groups excluding tert-OH is 1. The summed E-state index contributed by atoms with van der Waals surface area (Å²) in [5, 5.41) is 11.0. The van der Waals surface area contributed by atoms with Crippen LogP contribution in [0.2, 0.25) is 10.0 Å². The Balaban J connectivity index is 2.66. The smallest absolute Gasteiger partial charge is 0.0881 e. The highest BCUT2D eigenvalue weighted by molar-refractivity contribution is 8.00. The van der Waals surface area contributed by atoms with Gasteiger partial charge in [-0.2, -0.15) is 11.8 Å². The molecule has 0 aliphatic rings. The number of thioether (sulfide) groups is 1. The maximum Gasteiger partial charge on any atom is 0.0881 e. The Morgan fingerprint density at radius 2 is 1.88 bits per heavy atom. The Bertz CT molecular complexity index is 361. The summed E-state index contributed by atoms with van der Waals surface area (Å²) in [7, 11) is 0. The lowest BCUT2D eigenvalue weighted by atomic mass is 10.1. The molecule has 0 heterocycles. The highest BCUT2D eigenvalue weighted by atomic mass is 35.5. The van der Waals surface area contributed by atoms with E-state index in [1.165, 1.54) is 0 Å². The van der Waals surface area contributed by atoms with Crippen LogP contribution in [0.3, 0.4) is 0 Å². The molecule has 1 aromatic carbocycles. The van der Waals surface area contributed by atoms with Gasteiger partial charge >= 0.3 is 0 Å². The summed E-state index contributed by atoms with van der Waals surface area (Å²) in [5.74, 6) is 0.654. The molecule has 0 aromatic heterocycles. The lowest BCUT2D eigenvalue weighted by molar-refractivity contribution is 0.204. The van der Waals surface area contributed by atoms with Gasteiger partial charge in [0.05, 0.1) is 16.1 Å². The minimum Gasteiger partial charge on any atom is -0.388 e. The first kappa shape index (κ1) is 14.2. The minimum atomic E-state index is -0.501. The molecule has 0 spiro atoms. The first-order valence-corrected chi connectivity index (χ1v) is 6.81. The van der Waals surface area contributed by atoms with Gasteiger partial charge in [-0.3, -0.25) is 0 Å². The molecule has 16 heavy (non-hydrogen) atoms. The van der Waals surface area contributed by atoms with Crippen LogP contribution in [0.25, 0.3) is 0 Å². The van der Waals surface area contributed by atoms with Gasteiger partial charge in [0, 0.05) is 10.5 Å². The van der Waals surface area contributed by atoms with Crippen LogP contribution in [-0.2, 0) is 0 Å². The van der Waals surface area contributed by atoms with Crippen LogP contribution in [0, 0.1) is 0 Å². The molecule has 1 aromatic rings. The van der Waals surface area contributed by atoms with Gasteiger partial charge in [-0.1, -0.05) is 50.0 Å². The quantitative estimate of drug-likeness (QED) is 0.875. The standard InChI is InChI=1S/C12H16Cl2OS/c1-12(2,3)16-7-11(15)8-4-5-9(13)10(14)6-8/h4-6,11,15H,7H2,1-3H3. The van der Waals surface area contributed by atoms with Gasteiger partial charge in [-0.25, -0.2) is 0 Å². The van der Waals surface area contributed by atoms with E-state index in [0.29, 0.717) is 15.8 Å². The molecule has 90 valence electrons. The fraction of sp³-hybridized carbons (Fsp3) is 0.500. The number of hydrogen-bond donors (Lipinski definition) is 1. The Kier molecular flexibility index (Phi) is 4.99. The second-order valence-corrected chi connectivity index (χ2v) is 7.27. The number of hydrogen-bond acceptors (Lipinski definition) is 2. The van der Waals surface area contributed by atoms with Crippen molar-refractivity contribution in [1.29, 1.82) is 0 Å². The summed E-state index contributed by atoms with van der Waals surface area (Å²) < 4.78 is 0.150. The van der Waals surface area contributed by atoms with Crippen molar-refractivity contribution in [3.8, 4) is 0 Å².